The number of hydrogen-bond acceptors (Lipinski definition) is 3. The second-order valence-electron chi connectivity index (χ2n) is 3.55. The quantitative estimate of drug-likeness (QED) is 0.560. The summed E-state index contributed by atoms with van der Waals surface area (Å²) in [6, 6.07) is 1.09. The highest BCUT2D eigenvalue weighted by atomic mass is 19.3. The summed E-state index contributed by atoms with van der Waals surface area (Å²) in [6.07, 6.45) is 0. The first-order valence-corrected chi connectivity index (χ1v) is 4.78. The molecule has 18 heavy (non-hydrogen) atoms. The van der Waals surface area contributed by atoms with Crippen molar-refractivity contribution >= 4 is 11.6 Å². The molecule has 1 rings (SSSR count). The summed E-state index contributed by atoms with van der Waals surface area (Å²) < 4.78 is 50.9. The van der Waals surface area contributed by atoms with E-state index in [2.05, 4.69) is 0 Å². The van der Waals surface area contributed by atoms with Crippen molar-refractivity contribution in [1.82, 2.24) is 5.32 Å². The Bertz CT molecular complexity index is 465. The Labute approximate surface area is 99.4 Å². The lowest BCUT2D eigenvalue weighted by atomic mass is 10.1. The minimum absolute atomic E-state index is 0.376. The Morgan fingerprint density at radius 2 is 1.89 bits per heavy atom. The summed E-state index contributed by atoms with van der Waals surface area (Å²) in [5.41, 5.74) is 4.43. The van der Waals surface area contributed by atoms with Gasteiger partial charge >= 0.3 is 0 Å². The van der Waals surface area contributed by atoms with E-state index in [1.54, 1.807) is 5.32 Å². The first kappa shape index (κ1) is 14.2. The third-order valence-electron chi connectivity index (χ3n) is 2.08. The van der Waals surface area contributed by atoms with E-state index in [1.165, 1.54) is 0 Å². The van der Waals surface area contributed by atoms with E-state index in [0.717, 1.165) is 0 Å². The van der Waals surface area contributed by atoms with Gasteiger partial charge in [0.15, 0.2) is 11.6 Å². The Kier molecular flexibility index (Phi) is 4.12. The Balaban J connectivity index is 2.82. The number of nitrogens with one attached hydrogen (secondary N) is 1. The summed E-state index contributed by atoms with van der Waals surface area (Å²) in [5, 5.41) is 10.0. The average Bonchev–Trinajstić information content (AvgIpc) is 2.31. The van der Waals surface area contributed by atoms with Crippen LogP contribution >= 0.6 is 0 Å². The van der Waals surface area contributed by atoms with Crippen LogP contribution in [0.25, 0.3) is 0 Å². The number of anilines is 1. The molecular formula is C10H10F4N2O2. The van der Waals surface area contributed by atoms with Gasteiger partial charge in [-0.2, -0.15) is 0 Å². The van der Waals surface area contributed by atoms with Crippen LogP contribution in [0.4, 0.5) is 23.2 Å². The van der Waals surface area contributed by atoms with Crippen LogP contribution in [-0.4, -0.2) is 30.1 Å². The van der Waals surface area contributed by atoms with Crippen molar-refractivity contribution in [3.63, 3.8) is 0 Å². The summed E-state index contributed by atoms with van der Waals surface area (Å²) in [6.45, 7) is -2.58. The normalized spacial score (nSPS) is 11.4. The first-order valence-electron chi connectivity index (χ1n) is 4.78. The second-order valence-corrected chi connectivity index (χ2v) is 3.55. The number of benzene rings is 1. The van der Waals surface area contributed by atoms with Gasteiger partial charge in [-0.05, 0) is 6.07 Å². The van der Waals surface area contributed by atoms with E-state index in [9.17, 15) is 22.4 Å². The molecule has 8 heteroatoms. The van der Waals surface area contributed by atoms with E-state index in [1.807, 2.05) is 0 Å². The molecule has 1 aromatic carbocycles. The molecule has 0 aliphatic carbocycles. The van der Waals surface area contributed by atoms with Crippen LogP contribution in [-0.2, 0) is 0 Å². The number of nitrogens with two attached hydrogens (primary N) is 1. The maximum absolute atomic E-state index is 12.9. The van der Waals surface area contributed by atoms with Gasteiger partial charge in [-0.15, -0.1) is 0 Å². The third-order valence-corrected chi connectivity index (χ3v) is 2.08. The number of amides is 1. The van der Waals surface area contributed by atoms with Crippen molar-refractivity contribution in [2.75, 3.05) is 18.9 Å². The van der Waals surface area contributed by atoms with Crippen molar-refractivity contribution in [3.05, 3.63) is 29.3 Å². The van der Waals surface area contributed by atoms with Crippen LogP contribution in [0.15, 0.2) is 12.1 Å². The average molecular weight is 266 g/mol. The number of hydrogen-bond donors (Lipinski definition) is 3. The van der Waals surface area contributed by atoms with Crippen molar-refractivity contribution < 1.29 is 27.5 Å². The van der Waals surface area contributed by atoms with Gasteiger partial charge in [-0.25, -0.2) is 17.6 Å². The smallest absolute Gasteiger partial charge is 0.287 e. The van der Waals surface area contributed by atoms with Gasteiger partial charge < -0.3 is 16.2 Å². The van der Waals surface area contributed by atoms with E-state index in [0.29, 0.717) is 12.1 Å². The maximum atomic E-state index is 12.9. The van der Waals surface area contributed by atoms with E-state index in [-0.39, 0.29) is 5.69 Å². The number of nitrogen functional groups attached to an aromatic ring is 1. The number of alkyl halides is 2. The molecule has 0 fully saturated rings. The summed E-state index contributed by atoms with van der Waals surface area (Å²) in [7, 11) is 0. The van der Waals surface area contributed by atoms with Crippen LogP contribution in [0.5, 0.6) is 0 Å². The fraction of sp³-hybridized carbons (Fsp3) is 0.300. The zero-order valence-electron chi connectivity index (χ0n) is 9.01. The molecule has 0 aliphatic heterocycles. The van der Waals surface area contributed by atoms with Crippen LogP contribution < -0.4 is 11.1 Å². The Morgan fingerprint density at radius 3 is 2.44 bits per heavy atom. The largest absolute Gasteiger partial charge is 0.398 e. The van der Waals surface area contributed by atoms with E-state index < -0.39 is 42.2 Å². The molecule has 0 unspecified atom stereocenters. The highest BCUT2D eigenvalue weighted by molar-refractivity contribution is 5.99. The molecule has 0 bridgehead atoms. The van der Waals surface area contributed by atoms with Gasteiger partial charge in [-0.1, -0.05) is 0 Å². The van der Waals surface area contributed by atoms with Gasteiger partial charge in [-0.3, -0.25) is 4.79 Å². The number of carbonyl (C=O) groups is 1. The minimum Gasteiger partial charge on any atom is -0.398 e. The second kappa shape index (κ2) is 5.21. The Hall–Kier alpha value is -1.83. The molecule has 4 N–H and O–H groups in total. The molecule has 0 aromatic heterocycles. The van der Waals surface area contributed by atoms with Crippen LogP contribution in [0.2, 0.25) is 0 Å². The van der Waals surface area contributed by atoms with Crippen LogP contribution in [0.1, 0.15) is 10.4 Å². The maximum Gasteiger partial charge on any atom is 0.287 e. The zero-order chi connectivity index (χ0) is 13.9. The van der Waals surface area contributed by atoms with Crippen molar-refractivity contribution in [1.29, 1.82) is 0 Å². The van der Waals surface area contributed by atoms with Gasteiger partial charge in [0.1, 0.15) is 6.61 Å². The van der Waals surface area contributed by atoms with Gasteiger partial charge in [0.05, 0.1) is 12.1 Å². The lowest BCUT2D eigenvalue weighted by Crippen LogP contribution is -2.39. The predicted molar refractivity (Wildman–Crippen MR) is 55.1 cm³/mol. The van der Waals surface area contributed by atoms with Crippen LogP contribution in [0.3, 0.4) is 0 Å². The highest BCUT2D eigenvalue weighted by Crippen LogP contribution is 2.17. The topological polar surface area (TPSA) is 75.4 Å². The fourth-order valence-corrected chi connectivity index (χ4v) is 1.12. The van der Waals surface area contributed by atoms with Crippen molar-refractivity contribution in [3.8, 4) is 0 Å². The minimum atomic E-state index is -3.50. The van der Waals surface area contributed by atoms with Crippen LogP contribution in [0, 0.1) is 11.6 Å². The number of halogens is 4. The lowest BCUT2D eigenvalue weighted by Gasteiger charge is -2.14. The summed E-state index contributed by atoms with van der Waals surface area (Å²) >= 11 is 0. The molecule has 0 saturated heterocycles. The summed E-state index contributed by atoms with van der Waals surface area (Å²) in [5.74, 6) is -7.14. The third kappa shape index (κ3) is 3.33. The fourth-order valence-electron chi connectivity index (χ4n) is 1.12. The molecule has 0 saturated carbocycles. The SMILES string of the molecule is Nc1cc(F)c(F)cc1C(=O)NCC(F)(F)CO. The molecule has 1 aromatic rings. The van der Waals surface area contributed by atoms with Crippen molar-refractivity contribution in [2.45, 2.75) is 5.92 Å². The standard InChI is InChI=1S/C10H10F4N2O2/c11-6-1-5(8(15)2-7(6)12)9(18)16-3-10(13,14)4-17/h1-2,17H,3-4,15H2,(H,16,18). The first-order chi connectivity index (χ1) is 8.26. The number of aliphatic hydroxyl groups excluding tert-OH is 1. The molecule has 0 spiro atoms. The molecule has 0 aliphatic rings. The van der Waals surface area contributed by atoms with Gasteiger partial charge in [0, 0.05) is 11.8 Å². The predicted octanol–water partition coefficient (Wildman–Crippen LogP) is 0.904. The molecular weight excluding hydrogens is 256 g/mol. The van der Waals surface area contributed by atoms with E-state index in [4.69, 9.17) is 10.8 Å². The van der Waals surface area contributed by atoms with Gasteiger partial charge in [0.25, 0.3) is 11.8 Å². The molecule has 0 radical (unpaired) electrons. The molecule has 4 nitrogen and oxygen atoms in total. The monoisotopic (exact) mass is 266 g/mol. The van der Waals surface area contributed by atoms with E-state index >= 15 is 0 Å². The lowest BCUT2D eigenvalue weighted by molar-refractivity contribution is -0.0462. The Morgan fingerprint density at radius 1 is 1.33 bits per heavy atom. The highest BCUT2D eigenvalue weighted by Gasteiger charge is 2.28. The molecule has 1 amide bonds. The van der Waals surface area contributed by atoms with Crippen molar-refractivity contribution in [2.24, 2.45) is 0 Å². The zero-order valence-corrected chi connectivity index (χ0v) is 9.01. The van der Waals surface area contributed by atoms with Gasteiger partial charge in [0.2, 0.25) is 0 Å². The molecule has 100 valence electrons. The number of aliphatic hydroxyl groups is 1. The molecule has 0 heterocycles. The summed E-state index contributed by atoms with van der Waals surface area (Å²) in [4.78, 5) is 11.4. The number of rotatable bonds is 4. The molecule has 0 atom stereocenters. The number of carbonyl (C=O) groups excluding carboxylic acids is 1.